The second-order valence-corrected chi connectivity index (χ2v) is 6.22. The minimum atomic E-state index is 0.144. The first-order chi connectivity index (χ1) is 9.70. The first kappa shape index (κ1) is 15.3. The summed E-state index contributed by atoms with van der Waals surface area (Å²) in [4.78, 5) is 11.9. The van der Waals surface area contributed by atoms with Gasteiger partial charge >= 0.3 is 0 Å². The van der Waals surface area contributed by atoms with Gasteiger partial charge in [0.05, 0.1) is 6.54 Å². The van der Waals surface area contributed by atoms with E-state index in [1.807, 2.05) is 11.6 Å². The van der Waals surface area contributed by atoms with Gasteiger partial charge in [-0.05, 0) is 12.8 Å². The number of thioether (sulfide) groups is 1. The normalized spacial score (nSPS) is 16.3. The summed E-state index contributed by atoms with van der Waals surface area (Å²) in [6.07, 6.45) is 6.55. The van der Waals surface area contributed by atoms with Crippen molar-refractivity contribution in [3.63, 3.8) is 0 Å². The van der Waals surface area contributed by atoms with Gasteiger partial charge in [0.15, 0.2) is 5.16 Å². The van der Waals surface area contributed by atoms with E-state index < -0.39 is 0 Å². The largest absolute Gasteiger partial charge is 0.353 e. The van der Waals surface area contributed by atoms with Crippen molar-refractivity contribution in [2.75, 3.05) is 5.75 Å². The van der Waals surface area contributed by atoms with Crippen LogP contribution in [0.3, 0.4) is 0 Å². The molecule has 20 heavy (non-hydrogen) atoms. The SMILES string of the molecule is Cn1c(CN)nnc1SCCC(=O)NC1CCCCC1. The fourth-order valence-corrected chi connectivity index (χ4v) is 3.30. The maximum atomic E-state index is 11.9. The lowest BCUT2D eigenvalue weighted by molar-refractivity contribution is -0.121. The summed E-state index contributed by atoms with van der Waals surface area (Å²) < 4.78 is 1.88. The molecule has 0 atom stereocenters. The Morgan fingerprint density at radius 1 is 1.40 bits per heavy atom. The summed E-state index contributed by atoms with van der Waals surface area (Å²) in [5, 5.41) is 12.0. The van der Waals surface area contributed by atoms with E-state index in [9.17, 15) is 4.79 Å². The first-order valence-corrected chi connectivity index (χ1v) is 8.19. The monoisotopic (exact) mass is 297 g/mol. The number of hydrogen-bond acceptors (Lipinski definition) is 5. The number of nitrogens with two attached hydrogens (primary N) is 1. The van der Waals surface area contributed by atoms with Crippen molar-refractivity contribution in [1.29, 1.82) is 0 Å². The van der Waals surface area contributed by atoms with Gasteiger partial charge < -0.3 is 15.6 Å². The topological polar surface area (TPSA) is 85.8 Å². The van der Waals surface area contributed by atoms with E-state index in [2.05, 4.69) is 15.5 Å². The molecule has 0 spiro atoms. The Kier molecular flexibility index (Phi) is 5.85. The zero-order valence-corrected chi connectivity index (χ0v) is 12.8. The van der Waals surface area contributed by atoms with Gasteiger partial charge in [0.25, 0.3) is 0 Å². The number of carbonyl (C=O) groups is 1. The third-order valence-electron chi connectivity index (χ3n) is 3.64. The minimum absolute atomic E-state index is 0.144. The second kappa shape index (κ2) is 7.64. The van der Waals surface area contributed by atoms with Crippen molar-refractivity contribution in [3.05, 3.63) is 5.82 Å². The van der Waals surface area contributed by atoms with Crippen LogP contribution in [0.2, 0.25) is 0 Å². The lowest BCUT2D eigenvalue weighted by Crippen LogP contribution is -2.36. The molecular weight excluding hydrogens is 274 g/mol. The highest BCUT2D eigenvalue weighted by Gasteiger charge is 2.15. The van der Waals surface area contributed by atoms with Gasteiger partial charge in [0.2, 0.25) is 5.91 Å². The van der Waals surface area contributed by atoms with Gasteiger partial charge in [-0.2, -0.15) is 0 Å². The summed E-state index contributed by atoms with van der Waals surface area (Å²) in [7, 11) is 1.90. The molecule has 6 nitrogen and oxygen atoms in total. The number of nitrogens with zero attached hydrogens (tertiary/aromatic N) is 3. The van der Waals surface area contributed by atoms with Gasteiger partial charge in [-0.25, -0.2) is 0 Å². The molecule has 0 aliphatic heterocycles. The van der Waals surface area contributed by atoms with Crippen LogP contribution in [0.15, 0.2) is 5.16 Å². The minimum Gasteiger partial charge on any atom is -0.353 e. The van der Waals surface area contributed by atoms with Crippen LogP contribution < -0.4 is 11.1 Å². The number of carbonyl (C=O) groups excluding carboxylic acids is 1. The highest BCUT2D eigenvalue weighted by atomic mass is 32.2. The average molecular weight is 297 g/mol. The number of nitrogens with one attached hydrogen (secondary N) is 1. The van der Waals surface area contributed by atoms with E-state index in [0.29, 0.717) is 19.0 Å². The summed E-state index contributed by atoms with van der Waals surface area (Å²) in [5.74, 6) is 1.62. The Hall–Kier alpha value is -1.08. The van der Waals surface area contributed by atoms with Crippen LogP contribution in [-0.4, -0.2) is 32.5 Å². The molecule has 2 rings (SSSR count). The van der Waals surface area contributed by atoms with Crippen LogP contribution >= 0.6 is 11.8 Å². The second-order valence-electron chi connectivity index (χ2n) is 5.16. The van der Waals surface area contributed by atoms with Crippen molar-refractivity contribution < 1.29 is 4.79 Å². The lowest BCUT2D eigenvalue weighted by atomic mass is 9.95. The zero-order chi connectivity index (χ0) is 14.4. The fraction of sp³-hybridized carbons (Fsp3) is 0.769. The predicted octanol–water partition coefficient (Wildman–Crippen LogP) is 1.20. The highest BCUT2D eigenvalue weighted by molar-refractivity contribution is 7.99. The van der Waals surface area contributed by atoms with E-state index in [1.54, 1.807) is 11.8 Å². The van der Waals surface area contributed by atoms with E-state index >= 15 is 0 Å². The third-order valence-corrected chi connectivity index (χ3v) is 4.66. The summed E-state index contributed by atoms with van der Waals surface area (Å²) in [6, 6.07) is 0.389. The highest BCUT2D eigenvalue weighted by Crippen LogP contribution is 2.19. The molecule has 1 heterocycles. The van der Waals surface area contributed by atoms with Crippen molar-refractivity contribution in [3.8, 4) is 0 Å². The van der Waals surface area contributed by atoms with Crippen LogP contribution in [0.25, 0.3) is 0 Å². The number of aromatic nitrogens is 3. The van der Waals surface area contributed by atoms with Crippen LogP contribution in [0.5, 0.6) is 0 Å². The van der Waals surface area contributed by atoms with Crippen molar-refractivity contribution in [2.24, 2.45) is 12.8 Å². The summed E-state index contributed by atoms with van der Waals surface area (Å²) in [5.41, 5.74) is 5.55. The smallest absolute Gasteiger partial charge is 0.221 e. The zero-order valence-electron chi connectivity index (χ0n) is 12.0. The quantitative estimate of drug-likeness (QED) is 0.771. The molecule has 1 aromatic rings. The molecule has 0 saturated heterocycles. The van der Waals surface area contributed by atoms with Crippen LogP contribution in [0.4, 0.5) is 0 Å². The molecular formula is C13H23N5OS. The van der Waals surface area contributed by atoms with Crippen LogP contribution in [0.1, 0.15) is 44.3 Å². The molecule has 1 aliphatic carbocycles. The van der Waals surface area contributed by atoms with E-state index in [-0.39, 0.29) is 5.91 Å². The fourth-order valence-electron chi connectivity index (χ4n) is 2.43. The molecule has 0 radical (unpaired) electrons. The molecule has 1 saturated carbocycles. The lowest BCUT2D eigenvalue weighted by Gasteiger charge is -2.22. The van der Waals surface area contributed by atoms with Crippen LogP contribution in [-0.2, 0) is 18.4 Å². The molecule has 112 valence electrons. The molecule has 3 N–H and O–H groups in total. The van der Waals surface area contributed by atoms with Gasteiger partial charge in [0, 0.05) is 25.3 Å². The van der Waals surface area contributed by atoms with Crippen molar-refractivity contribution >= 4 is 17.7 Å². The molecule has 0 unspecified atom stereocenters. The number of hydrogen-bond donors (Lipinski definition) is 2. The molecule has 1 aliphatic rings. The van der Waals surface area contributed by atoms with Gasteiger partial charge in [0.1, 0.15) is 5.82 Å². The van der Waals surface area contributed by atoms with E-state index in [0.717, 1.165) is 29.6 Å². The van der Waals surface area contributed by atoms with Crippen molar-refractivity contribution in [1.82, 2.24) is 20.1 Å². The number of amides is 1. The van der Waals surface area contributed by atoms with E-state index in [1.165, 1.54) is 19.3 Å². The number of rotatable bonds is 6. The molecule has 1 aromatic heterocycles. The molecule has 0 aromatic carbocycles. The predicted molar refractivity (Wildman–Crippen MR) is 79.3 cm³/mol. The molecule has 0 bridgehead atoms. The maximum Gasteiger partial charge on any atom is 0.221 e. The van der Waals surface area contributed by atoms with Crippen LogP contribution in [0, 0.1) is 0 Å². The van der Waals surface area contributed by atoms with Gasteiger partial charge in [-0.15, -0.1) is 10.2 Å². The van der Waals surface area contributed by atoms with Gasteiger partial charge in [-0.1, -0.05) is 31.0 Å². The standard InChI is InChI=1S/C13H23N5OS/c1-18-11(9-14)16-17-13(18)20-8-7-12(19)15-10-5-3-2-4-6-10/h10H,2-9,14H2,1H3,(H,15,19). The molecule has 7 heteroatoms. The van der Waals surface area contributed by atoms with Crippen molar-refractivity contribution in [2.45, 2.75) is 56.3 Å². The van der Waals surface area contributed by atoms with Gasteiger partial charge in [-0.3, -0.25) is 4.79 Å². The average Bonchev–Trinajstić information content (AvgIpc) is 2.81. The Balaban J connectivity index is 1.69. The van der Waals surface area contributed by atoms with E-state index in [4.69, 9.17) is 5.73 Å². The Bertz CT molecular complexity index is 442. The molecule has 1 fully saturated rings. The summed E-state index contributed by atoms with van der Waals surface area (Å²) in [6.45, 7) is 0.381. The Labute approximate surface area is 123 Å². The molecule has 1 amide bonds. The third kappa shape index (κ3) is 4.21. The Morgan fingerprint density at radius 3 is 2.80 bits per heavy atom. The Morgan fingerprint density at radius 2 is 2.15 bits per heavy atom. The summed E-state index contributed by atoms with van der Waals surface area (Å²) >= 11 is 1.55. The maximum absolute atomic E-state index is 11.9. The first-order valence-electron chi connectivity index (χ1n) is 7.21.